The van der Waals surface area contributed by atoms with Crippen molar-refractivity contribution < 1.29 is 4.79 Å². The minimum absolute atomic E-state index is 0.127. The lowest BCUT2D eigenvalue weighted by Gasteiger charge is -2.14. The first kappa shape index (κ1) is 14.6. The molecule has 1 aromatic rings. The fourth-order valence-electron chi connectivity index (χ4n) is 1.76. The van der Waals surface area contributed by atoms with Gasteiger partial charge in [0.2, 0.25) is 5.91 Å². The van der Waals surface area contributed by atoms with Crippen LogP contribution in [0.4, 0.5) is 0 Å². The number of aromatic nitrogens is 1. The highest BCUT2D eigenvalue weighted by molar-refractivity contribution is 7.80. The molecule has 1 rings (SSSR count). The second kappa shape index (κ2) is 7.06. The van der Waals surface area contributed by atoms with E-state index in [1.165, 1.54) is 0 Å². The highest BCUT2D eigenvalue weighted by Crippen LogP contribution is 2.07. The Morgan fingerprint density at radius 1 is 1.56 bits per heavy atom. The fraction of sp³-hybridized carbons (Fsp3) is 0.462. The molecule has 1 aromatic heterocycles. The Labute approximate surface area is 113 Å². The van der Waals surface area contributed by atoms with Crippen LogP contribution in [0.5, 0.6) is 0 Å². The first-order valence-electron chi connectivity index (χ1n) is 6.09. The Bertz CT molecular complexity index is 434. The highest BCUT2D eigenvalue weighted by atomic mass is 32.1. The Hall–Kier alpha value is -1.49. The van der Waals surface area contributed by atoms with Crippen LogP contribution in [0.3, 0.4) is 0 Å². The van der Waals surface area contributed by atoms with Crippen molar-refractivity contribution in [2.75, 3.05) is 0 Å². The molecule has 0 fully saturated rings. The van der Waals surface area contributed by atoms with E-state index in [4.69, 9.17) is 18.0 Å². The normalized spacial score (nSPS) is 11.9. The minimum atomic E-state index is -0.395. The molecular formula is C13H19N3OS. The van der Waals surface area contributed by atoms with Crippen molar-refractivity contribution in [3.63, 3.8) is 0 Å². The lowest BCUT2D eigenvalue weighted by atomic mass is 10.1. The quantitative estimate of drug-likeness (QED) is 0.766. The lowest BCUT2D eigenvalue weighted by molar-refractivity contribution is -0.123. The van der Waals surface area contributed by atoms with Crippen LogP contribution in [0.1, 0.15) is 31.5 Å². The number of nitrogens with one attached hydrogen (secondary N) is 1. The lowest BCUT2D eigenvalue weighted by Crippen LogP contribution is -2.37. The van der Waals surface area contributed by atoms with Crippen LogP contribution in [0, 0.1) is 5.92 Å². The molecule has 98 valence electrons. The van der Waals surface area contributed by atoms with E-state index < -0.39 is 5.92 Å². The van der Waals surface area contributed by atoms with Crippen molar-refractivity contribution in [3.8, 4) is 0 Å². The molecule has 5 heteroatoms. The van der Waals surface area contributed by atoms with Gasteiger partial charge >= 0.3 is 0 Å². The van der Waals surface area contributed by atoms with Crippen molar-refractivity contribution in [1.82, 2.24) is 10.3 Å². The van der Waals surface area contributed by atoms with Crippen molar-refractivity contribution in [2.24, 2.45) is 11.7 Å². The number of hydrogen-bond acceptors (Lipinski definition) is 3. The van der Waals surface area contributed by atoms with Crippen molar-refractivity contribution in [2.45, 2.75) is 33.2 Å². The molecule has 0 radical (unpaired) electrons. The van der Waals surface area contributed by atoms with Gasteiger partial charge in [-0.15, -0.1) is 0 Å². The molecule has 1 unspecified atom stereocenters. The topological polar surface area (TPSA) is 68.0 Å². The number of thiocarbonyl (C=S) groups is 1. The number of pyridine rings is 1. The van der Waals surface area contributed by atoms with Gasteiger partial charge in [0.25, 0.3) is 0 Å². The Morgan fingerprint density at radius 3 is 2.83 bits per heavy atom. The van der Waals surface area contributed by atoms with E-state index in [-0.39, 0.29) is 10.9 Å². The molecule has 0 aliphatic heterocycles. The van der Waals surface area contributed by atoms with E-state index in [2.05, 4.69) is 17.2 Å². The molecule has 1 atom stereocenters. The summed E-state index contributed by atoms with van der Waals surface area (Å²) in [5.41, 5.74) is 7.56. The van der Waals surface area contributed by atoms with E-state index in [0.29, 0.717) is 13.0 Å². The second-order valence-corrected chi connectivity index (χ2v) is 4.52. The Kier molecular flexibility index (Phi) is 5.71. The van der Waals surface area contributed by atoms with E-state index in [9.17, 15) is 4.79 Å². The summed E-state index contributed by atoms with van der Waals surface area (Å²) in [6, 6.07) is 3.91. The molecule has 0 spiro atoms. The van der Waals surface area contributed by atoms with Crippen LogP contribution < -0.4 is 11.1 Å². The monoisotopic (exact) mass is 265 g/mol. The van der Waals surface area contributed by atoms with Gasteiger partial charge in [0.05, 0.1) is 23.1 Å². The smallest absolute Gasteiger partial charge is 0.230 e. The molecule has 0 saturated heterocycles. The van der Waals surface area contributed by atoms with Crippen LogP contribution in [0.2, 0.25) is 0 Å². The third-order valence-electron chi connectivity index (χ3n) is 2.86. The summed E-state index contributed by atoms with van der Waals surface area (Å²) in [5, 5.41) is 2.84. The maximum atomic E-state index is 11.9. The van der Waals surface area contributed by atoms with E-state index in [1.807, 2.05) is 19.1 Å². The van der Waals surface area contributed by atoms with E-state index >= 15 is 0 Å². The average Bonchev–Trinajstić information content (AvgIpc) is 2.37. The fourth-order valence-corrected chi connectivity index (χ4v) is 2.04. The molecule has 0 saturated carbocycles. The predicted molar refractivity (Wildman–Crippen MR) is 76.0 cm³/mol. The van der Waals surface area contributed by atoms with Gasteiger partial charge in [-0.25, -0.2) is 0 Å². The average molecular weight is 265 g/mol. The molecule has 0 bridgehead atoms. The van der Waals surface area contributed by atoms with Gasteiger partial charge < -0.3 is 11.1 Å². The number of amides is 1. The number of hydrogen-bond donors (Lipinski definition) is 2. The number of nitrogens with two attached hydrogens (primary N) is 1. The maximum absolute atomic E-state index is 11.9. The van der Waals surface area contributed by atoms with Crippen LogP contribution in [0.25, 0.3) is 0 Å². The number of carbonyl (C=O) groups excluding carboxylic acids is 1. The molecule has 0 aliphatic carbocycles. The molecule has 1 amide bonds. The van der Waals surface area contributed by atoms with Crippen LogP contribution in [0.15, 0.2) is 18.3 Å². The third-order valence-corrected chi connectivity index (χ3v) is 3.15. The van der Waals surface area contributed by atoms with Gasteiger partial charge in [0.1, 0.15) is 0 Å². The molecular weight excluding hydrogens is 246 g/mol. The second-order valence-electron chi connectivity index (χ2n) is 4.04. The van der Waals surface area contributed by atoms with Gasteiger partial charge in [-0.3, -0.25) is 9.78 Å². The summed E-state index contributed by atoms with van der Waals surface area (Å²) in [6.45, 7) is 4.37. The first-order chi connectivity index (χ1) is 8.60. The van der Waals surface area contributed by atoms with Gasteiger partial charge in [-0.2, -0.15) is 0 Å². The van der Waals surface area contributed by atoms with Gasteiger partial charge in [0.15, 0.2) is 0 Å². The zero-order valence-corrected chi connectivity index (χ0v) is 11.6. The number of nitrogens with zero attached hydrogens (tertiary/aromatic N) is 1. The predicted octanol–water partition coefficient (Wildman–Crippen LogP) is 1.57. The molecule has 18 heavy (non-hydrogen) atoms. The van der Waals surface area contributed by atoms with Crippen molar-refractivity contribution in [3.05, 3.63) is 29.6 Å². The number of carbonyl (C=O) groups is 1. The van der Waals surface area contributed by atoms with Gasteiger partial charge in [-0.1, -0.05) is 32.1 Å². The summed E-state index contributed by atoms with van der Waals surface area (Å²) in [6.07, 6.45) is 3.24. The van der Waals surface area contributed by atoms with Gasteiger partial charge in [-0.05, 0) is 24.5 Å². The summed E-state index contributed by atoms with van der Waals surface area (Å²) in [7, 11) is 0. The molecule has 4 nitrogen and oxygen atoms in total. The van der Waals surface area contributed by atoms with E-state index in [0.717, 1.165) is 17.7 Å². The molecule has 0 aromatic carbocycles. The van der Waals surface area contributed by atoms with Crippen LogP contribution >= 0.6 is 12.2 Å². The molecule has 3 N–H and O–H groups in total. The zero-order valence-electron chi connectivity index (χ0n) is 10.8. The first-order valence-corrected chi connectivity index (χ1v) is 6.50. The summed E-state index contributed by atoms with van der Waals surface area (Å²) < 4.78 is 0. The SMILES string of the molecule is CCc1cccnc1CNC(=O)C(CC)C(N)=S. The summed E-state index contributed by atoms with van der Waals surface area (Å²) >= 11 is 4.87. The molecule has 1 heterocycles. The summed E-state index contributed by atoms with van der Waals surface area (Å²) in [4.78, 5) is 16.4. The van der Waals surface area contributed by atoms with Crippen LogP contribution in [-0.4, -0.2) is 15.9 Å². The largest absolute Gasteiger partial charge is 0.393 e. The maximum Gasteiger partial charge on any atom is 0.230 e. The van der Waals surface area contributed by atoms with Gasteiger partial charge in [0, 0.05) is 6.20 Å². The summed E-state index contributed by atoms with van der Waals surface area (Å²) in [5.74, 6) is -0.522. The van der Waals surface area contributed by atoms with Crippen molar-refractivity contribution >= 4 is 23.1 Å². The zero-order chi connectivity index (χ0) is 13.5. The molecule has 0 aliphatic rings. The minimum Gasteiger partial charge on any atom is -0.393 e. The standard InChI is InChI=1S/C13H19N3OS/c1-3-9-6-5-7-15-11(9)8-16-13(17)10(4-2)12(14)18/h5-7,10H,3-4,8H2,1-2H3,(H2,14,18)(H,16,17). The Morgan fingerprint density at radius 2 is 2.28 bits per heavy atom. The number of rotatable bonds is 6. The Balaban J connectivity index is 2.64. The van der Waals surface area contributed by atoms with E-state index in [1.54, 1.807) is 6.20 Å². The van der Waals surface area contributed by atoms with Crippen molar-refractivity contribution in [1.29, 1.82) is 0 Å². The van der Waals surface area contributed by atoms with Crippen LogP contribution in [-0.2, 0) is 17.8 Å². The number of aryl methyl sites for hydroxylation is 1. The third kappa shape index (κ3) is 3.77. The highest BCUT2D eigenvalue weighted by Gasteiger charge is 2.19.